The highest BCUT2D eigenvalue weighted by Gasteiger charge is 2.23. The lowest BCUT2D eigenvalue weighted by atomic mass is 10.2. The molecule has 112 valence electrons. The zero-order valence-electron chi connectivity index (χ0n) is 11.9. The maximum absolute atomic E-state index is 11.3. The van der Waals surface area contributed by atoms with Crippen molar-refractivity contribution in [1.82, 2.24) is 0 Å². The van der Waals surface area contributed by atoms with Gasteiger partial charge in [0.15, 0.2) is 0 Å². The summed E-state index contributed by atoms with van der Waals surface area (Å²) in [5.74, 6) is 0. The summed E-state index contributed by atoms with van der Waals surface area (Å²) in [7, 11) is 0. The van der Waals surface area contributed by atoms with Crippen molar-refractivity contribution in [1.29, 1.82) is 0 Å². The second kappa shape index (κ2) is 7.96. The zero-order chi connectivity index (χ0) is 15.1. The molecule has 0 radical (unpaired) electrons. The second-order valence-electron chi connectivity index (χ2n) is 4.38. The Kier molecular flexibility index (Phi) is 6.60. The third-order valence-electron chi connectivity index (χ3n) is 3.01. The third-order valence-corrected chi connectivity index (χ3v) is 4.17. The molecular formula is C13H21N3O3S. The van der Waals surface area contributed by atoms with Gasteiger partial charge in [-0.3, -0.25) is 10.1 Å². The summed E-state index contributed by atoms with van der Waals surface area (Å²) in [4.78, 5) is 10.9. The lowest BCUT2D eigenvalue weighted by Gasteiger charge is -2.22. The molecule has 0 heterocycles. The fourth-order valence-corrected chi connectivity index (χ4v) is 2.59. The predicted octanol–water partition coefficient (Wildman–Crippen LogP) is 2.55. The Morgan fingerprint density at radius 1 is 1.45 bits per heavy atom. The first-order valence-electron chi connectivity index (χ1n) is 6.46. The maximum Gasteiger partial charge on any atom is 0.315 e. The van der Waals surface area contributed by atoms with Crippen LogP contribution in [0.15, 0.2) is 18.2 Å². The van der Waals surface area contributed by atoms with Gasteiger partial charge in [0.2, 0.25) is 0 Å². The quantitative estimate of drug-likeness (QED) is 0.505. The number of nitrogens with one attached hydrogen (secondary N) is 2. The van der Waals surface area contributed by atoms with Gasteiger partial charge in [0.1, 0.15) is 11.4 Å². The van der Waals surface area contributed by atoms with Crippen LogP contribution < -0.4 is 10.6 Å². The number of hydrogen-bond donors (Lipinski definition) is 3. The van der Waals surface area contributed by atoms with Crippen LogP contribution >= 0.6 is 11.8 Å². The Balaban J connectivity index is 3.05. The van der Waals surface area contributed by atoms with E-state index < -0.39 is 0 Å². The van der Waals surface area contributed by atoms with E-state index in [9.17, 15) is 15.2 Å². The summed E-state index contributed by atoms with van der Waals surface area (Å²) in [6, 6.07) is 5.07. The molecule has 1 aromatic rings. The zero-order valence-corrected chi connectivity index (χ0v) is 12.7. The van der Waals surface area contributed by atoms with Crippen molar-refractivity contribution in [2.24, 2.45) is 0 Å². The van der Waals surface area contributed by atoms with Gasteiger partial charge in [-0.15, -0.1) is 0 Å². The van der Waals surface area contributed by atoms with Crippen molar-refractivity contribution in [3.8, 4) is 0 Å². The molecule has 1 rings (SSSR count). The highest BCUT2D eigenvalue weighted by atomic mass is 32.2. The number of benzene rings is 1. The maximum atomic E-state index is 11.3. The van der Waals surface area contributed by atoms with Crippen LogP contribution in [0, 0.1) is 10.1 Å². The lowest BCUT2D eigenvalue weighted by Crippen LogP contribution is -2.31. The van der Waals surface area contributed by atoms with Crippen LogP contribution in [0.25, 0.3) is 0 Å². The molecule has 2 atom stereocenters. The van der Waals surface area contributed by atoms with E-state index in [0.29, 0.717) is 17.9 Å². The first-order valence-corrected chi connectivity index (χ1v) is 7.75. The number of nitro benzene ring substituents is 1. The number of aliphatic hydroxyl groups is 1. The highest BCUT2D eigenvalue weighted by Crippen LogP contribution is 2.33. The molecular weight excluding hydrogens is 278 g/mol. The second-order valence-corrected chi connectivity index (χ2v) is 5.46. The largest absolute Gasteiger partial charge is 0.395 e. The van der Waals surface area contributed by atoms with Crippen molar-refractivity contribution >= 4 is 28.8 Å². The lowest BCUT2D eigenvalue weighted by molar-refractivity contribution is -0.383. The summed E-state index contributed by atoms with van der Waals surface area (Å²) in [6.07, 6.45) is 1.91. The fraction of sp³-hybridized carbons (Fsp3) is 0.538. The minimum absolute atomic E-state index is 0.0163. The Morgan fingerprint density at radius 2 is 2.10 bits per heavy atom. The van der Waals surface area contributed by atoms with E-state index in [4.69, 9.17) is 0 Å². The third kappa shape index (κ3) is 4.01. The summed E-state index contributed by atoms with van der Waals surface area (Å²) in [5, 5.41) is 26.7. The summed E-state index contributed by atoms with van der Waals surface area (Å²) < 4.78 is 0. The number of aliphatic hydroxyl groups excluding tert-OH is 1. The van der Waals surface area contributed by atoms with Gasteiger partial charge in [-0.1, -0.05) is 6.07 Å². The smallest absolute Gasteiger partial charge is 0.315 e. The topological polar surface area (TPSA) is 87.4 Å². The van der Waals surface area contributed by atoms with E-state index in [-0.39, 0.29) is 28.5 Å². The van der Waals surface area contributed by atoms with Crippen LogP contribution in [-0.2, 0) is 0 Å². The van der Waals surface area contributed by atoms with E-state index >= 15 is 0 Å². The minimum Gasteiger partial charge on any atom is -0.395 e. The minimum atomic E-state index is -0.389. The summed E-state index contributed by atoms with van der Waals surface area (Å²) in [5.41, 5.74) is 1.01. The normalized spacial score (nSPS) is 13.6. The number of rotatable bonds is 8. The number of nitro groups is 1. The first kappa shape index (κ1) is 16.6. The Bertz CT molecular complexity index is 452. The number of nitrogens with zero attached hydrogens (tertiary/aromatic N) is 1. The number of para-hydroxylation sites is 1. The van der Waals surface area contributed by atoms with E-state index in [2.05, 4.69) is 10.6 Å². The number of hydrogen-bond acceptors (Lipinski definition) is 6. The average Bonchev–Trinajstić information content (AvgIpc) is 2.40. The van der Waals surface area contributed by atoms with Crippen molar-refractivity contribution in [3.63, 3.8) is 0 Å². The van der Waals surface area contributed by atoms with Crippen LogP contribution in [0.2, 0.25) is 0 Å². The molecule has 6 nitrogen and oxygen atoms in total. The summed E-state index contributed by atoms with van der Waals surface area (Å²) >= 11 is 1.53. The van der Waals surface area contributed by atoms with Gasteiger partial charge in [0.25, 0.3) is 0 Å². The first-order chi connectivity index (χ1) is 9.54. The van der Waals surface area contributed by atoms with Crippen LogP contribution in [0.5, 0.6) is 0 Å². The predicted molar refractivity (Wildman–Crippen MR) is 84.7 cm³/mol. The van der Waals surface area contributed by atoms with Gasteiger partial charge < -0.3 is 15.7 Å². The van der Waals surface area contributed by atoms with Gasteiger partial charge >= 0.3 is 5.69 Å². The molecule has 3 N–H and O–H groups in total. The van der Waals surface area contributed by atoms with Crippen LogP contribution in [0.1, 0.15) is 13.8 Å². The van der Waals surface area contributed by atoms with Crippen molar-refractivity contribution in [3.05, 3.63) is 28.3 Å². The number of anilines is 2. The molecule has 0 fully saturated rings. The molecule has 0 saturated heterocycles. The Hall–Kier alpha value is -1.47. The molecule has 1 aromatic carbocycles. The molecule has 0 saturated carbocycles. The highest BCUT2D eigenvalue weighted by molar-refractivity contribution is 7.99. The molecule has 20 heavy (non-hydrogen) atoms. The van der Waals surface area contributed by atoms with Crippen LogP contribution in [-0.4, -0.2) is 40.7 Å². The van der Waals surface area contributed by atoms with Gasteiger partial charge in [-0.05, 0) is 32.2 Å². The fourth-order valence-electron chi connectivity index (χ4n) is 1.96. The SMILES string of the molecule is CCNc1cccc(NC(C)C(CO)SC)c1[N+](=O)[O-]. The van der Waals surface area contributed by atoms with E-state index in [1.54, 1.807) is 18.2 Å². The van der Waals surface area contributed by atoms with E-state index in [1.807, 2.05) is 20.1 Å². The molecule has 0 aromatic heterocycles. The van der Waals surface area contributed by atoms with Gasteiger partial charge in [-0.25, -0.2) is 0 Å². The molecule has 0 aliphatic rings. The van der Waals surface area contributed by atoms with Gasteiger partial charge in [0, 0.05) is 17.8 Å². The monoisotopic (exact) mass is 299 g/mol. The standard InChI is InChI=1S/C13H21N3O3S/c1-4-14-10-6-5-7-11(13(10)16(18)19)15-9(2)12(8-17)20-3/h5-7,9,12,14-15,17H,4,8H2,1-3H3. The molecule has 0 spiro atoms. The molecule has 7 heteroatoms. The molecule has 0 amide bonds. The van der Waals surface area contributed by atoms with Crippen LogP contribution in [0.4, 0.5) is 17.1 Å². The molecule has 0 aliphatic carbocycles. The summed E-state index contributed by atoms with van der Waals surface area (Å²) in [6.45, 7) is 4.43. The van der Waals surface area contributed by atoms with Gasteiger partial charge in [-0.2, -0.15) is 11.8 Å². The Morgan fingerprint density at radius 3 is 2.60 bits per heavy atom. The Labute approximate surface area is 123 Å². The van der Waals surface area contributed by atoms with Gasteiger partial charge in [0.05, 0.1) is 11.5 Å². The molecule has 0 aliphatic heterocycles. The average molecular weight is 299 g/mol. The molecule has 2 unspecified atom stereocenters. The van der Waals surface area contributed by atoms with Crippen molar-refractivity contribution < 1.29 is 10.0 Å². The van der Waals surface area contributed by atoms with Crippen molar-refractivity contribution in [2.75, 3.05) is 30.0 Å². The number of thioether (sulfide) groups is 1. The molecule has 0 bridgehead atoms. The van der Waals surface area contributed by atoms with Crippen LogP contribution in [0.3, 0.4) is 0 Å². The van der Waals surface area contributed by atoms with Crippen molar-refractivity contribution in [2.45, 2.75) is 25.1 Å². The van der Waals surface area contributed by atoms with E-state index in [0.717, 1.165) is 0 Å². The van der Waals surface area contributed by atoms with E-state index in [1.165, 1.54) is 11.8 Å².